The molecule has 4 aromatic rings. The Hall–Kier alpha value is -3.22. The lowest BCUT2D eigenvalue weighted by atomic mass is 10.00. The van der Waals surface area contributed by atoms with Crippen molar-refractivity contribution in [3.8, 4) is 33.9 Å². The number of aromatic nitrogens is 1. The van der Waals surface area contributed by atoms with Crippen molar-refractivity contribution in [2.75, 3.05) is 0 Å². The second-order valence-corrected chi connectivity index (χ2v) is 6.80. The van der Waals surface area contributed by atoms with Gasteiger partial charge in [0.05, 0.1) is 22.9 Å². The minimum atomic E-state index is -0.476. The fourth-order valence-electron chi connectivity index (χ4n) is 3.34. The van der Waals surface area contributed by atoms with Gasteiger partial charge < -0.3 is 24.3 Å². The fraction of sp³-hybridized carbons (Fsp3) is 0.0952. The molecule has 2 aromatic carbocycles. The molecular weight excluding hydrogens is 382 g/mol. The van der Waals surface area contributed by atoms with Gasteiger partial charge in [-0.25, -0.2) is 0 Å². The van der Waals surface area contributed by atoms with Crippen LogP contribution in [0.15, 0.2) is 57.9 Å². The summed E-state index contributed by atoms with van der Waals surface area (Å²) in [5.74, 6) is -0.460. The predicted molar refractivity (Wildman–Crippen MR) is 107 cm³/mol. The van der Waals surface area contributed by atoms with Crippen LogP contribution in [0, 0.1) is 0 Å². The van der Waals surface area contributed by atoms with E-state index in [0.29, 0.717) is 21.8 Å². The van der Waals surface area contributed by atoms with Gasteiger partial charge in [-0.2, -0.15) is 0 Å². The van der Waals surface area contributed by atoms with Crippen molar-refractivity contribution in [2.24, 2.45) is 7.05 Å². The highest BCUT2D eigenvalue weighted by Gasteiger charge is 2.22. The summed E-state index contributed by atoms with van der Waals surface area (Å²) in [6.45, 7) is -0.283. The molecule has 0 aliphatic rings. The standard InChI is InChI=1S/C21H16ClNO5/c1-23-7-6-12(14(23)10-24)19-15(25)8-16(26)20-17(27)9-18(28-21(19)20)11-4-2-3-5-13(11)22/h2-9,24-26H,10H2,1H3. The lowest BCUT2D eigenvalue weighted by Gasteiger charge is -2.12. The van der Waals surface area contributed by atoms with Gasteiger partial charge >= 0.3 is 0 Å². The summed E-state index contributed by atoms with van der Waals surface area (Å²) in [5.41, 5.74) is 1.27. The monoisotopic (exact) mass is 397 g/mol. The summed E-state index contributed by atoms with van der Waals surface area (Å²) in [5, 5.41) is 30.9. The highest BCUT2D eigenvalue weighted by molar-refractivity contribution is 6.33. The summed E-state index contributed by atoms with van der Waals surface area (Å²) in [6.07, 6.45) is 1.72. The Morgan fingerprint density at radius 2 is 1.82 bits per heavy atom. The largest absolute Gasteiger partial charge is 0.507 e. The maximum Gasteiger partial charge on any atom is 0.197 e. The van der Waals surface area contributed by atoms with Gasteiger partial charge in [-0.15, -0.1) is 0 Å². The number of aliphatic hydroxyl groups excluding tert-OH is 1. The molecule has 0 aliphatic carbocycles. The van der Waals surface area contributed by atoms with Crippen molar-refractivity contribution in [3.63, 3.8) is 0 Å². The van der Waals surface area contributed by atoms with Gasteiger partial charge in [0.25, 0.3) is 0 Å². The Kier molecular flexibility index (Phi) is 4.37. The van der Waals surface area contributed by atoms with Crippen LogP contribution in [0.1, 0.15) is 5.69 Å². The topological polar surface area (TPSA) is 95.8 Å². The fourth-order valence-corrected chi connectivity index (χ4v) is 3.57. The Bertz CT molecular complexity index is 1270. The molecule has 0 saturated carbocycles. The molecule has 2 aromatic heterocycles. The average molecular weight is 398 g/mol. The van der Waals surface area contributed by atoms with E-state index >= 15 is 0 Å². The predicted octanol–water partition coefficient (Wildman–Crippen LogP) is 4.02. The number of rotatable bonds is 3. The molecule has 3 N–H and O–H groups in total. The lowest BCUT2D eigenvalue weighted by molar-refractivity contribution is 0.273. The summed E-state index contributed by atoms with van der Waals surface area (Å²) in [7, 11) is 1.75. The molecule has 142 valence electrons. The summed E-state index contributed by atoms with van der Waals surface area (Å²) in [6, 6.07) is 10.9. The van der Waals surface area contributed by atoms with Crippen LogP contribution in [-0.4, -0.2) is 19.9 Å². The lowest BCUT2D eigenvalue weighted by Crippen LogP contribution is -2.03. The quantitative estimate of drug-likeness (QED) is 0.485. The molecule has 0 aliphatic heterocycles. The maximum atomic E-state index is 12.8. The first kappa shape index (κ1) is 18.2. The number of halogens is 1. The minimum absolute atomic E-state index is 0.0146. The molecule has 0 radical (unpaired) electrons. The van der Waals surface area contributed by atoms with Crippen LogP contribution in [0.5, 0.6) is 11.5 Å². The number of fused-ring (bicyclic) bond motifs is 1. The highest BCUT2D eigenvalue weighted by atomic mass is 35.5. The van der Waals surface area contributed by atoms with E-state index in [0.717, 1.165) is 6.07 Å². The molecule has 0 atom stereocenters. The minimum Gasteiger partial charge on any atom is -0.507 e. The number of phenols is 2. The van der Waals surface area contributed by atoms with Crippen LogP contribution < -0.4 is 5.43 Å². The molecule has 4 rings (SSSR count). The van der Waals surface area contributed by atoms with E-state index in [1.165, 1.54) is 6.07 Å². The second kappa shape index (κ2) is 6.74. The van der Waals surface area contributed by atoms with E-state index in [1.54, 1.807) is 48.1 Å². The molecule has 0 spiro atoms. The van der Waals surface area contributed by atoms with Gasteiger partial charge in [-0.1, -0.05) is 23.7 Å². The number of aromatic hydroxyl groups is 2. The number of nitrogens with zero attached hydrogens (tertiary/aromatic N) is 1. The molecule has 0 unspecified atom stereocenters. The highest BCUT2D eigenvalue weighted by Crippen LogP contribution is 2.43. The molecule has 0 saturated heterocycles. The Labute approximate surface area is 164 Å². The number of benzene rings is 2. The zero-order chi connectivity index (χ0) is 20.0. The van der Waals surface area contributed by atoms with Crippen LogP contribution >= 0.6 is 11.6 Å². The maximum absolute atomic E-state index is 12.8. The average Bonchev–Trinajstić information content (AvgIpc) is 3.01. The molecule has 28 heavy (non-hydrogen) atoms. The Morgan fingerprint density at radius 1 is 1.07 bits per heavy atom. The SMILES string of the molecule is Cn1ccc(-c2c(O)cc(O)c3c(=O)cc(-c4ccccc4Cl)oc23)c1CO. The van der Waals surface area contributed by atoms with E-state index in [-0.39, 0.29) is 34.6 Å². The molecule has 6 nitrogen and oxygen atoms in total. The summed E-state index contributed by atoms with van der Waals surface area (Å²) >= 11 is 6.24. The van der Waals surface area contributed by atoms with Crippen LogP contribution in [0.3, 0.4) is 0 Å². The van der Waals surface area contributed by atoms with Gasteiger partial charge in [0.1, 0.15) is 22.6 Å². The Morgan fingerprint density at radius 3 is 2.54 bits per heavy atom. The molecule has 7 heteroatoms. The van der Waals surface area contributed by atoms with E-state index in [1.807, 2.05) is 0 Å². The van der Waals surface area contributed by atoms with Crippen molar-refractivity contribution in [2.45, 2.75) is 6.61 Å². The first-order chi connectivity index (χ1) is 13.4. The molecule has 2 heterocycles. The summed E-state index contributed by atoms with van der Waals surface area (Å²) in [4.78, 5) is 12.8. The third-order valence-corrected chi connectivity index (χ3v) is 5.05. The van der Waals surface area contributed by atoms with E-state index in [4.69, 9.17) is 16.0 Å². The number of hydrogen-bond acceptors (Lipinski definition) is 5. The van der Waals surface area contributed by atoms with Crippen molar-refractivity contribution in [3.05, 3.63) is 69.6 Å². The number of phenolic OH excluding ortho intramolecular Hbond substituents is 2. The van der Waals surface area contributed by atoms with Gasteiger partial charge in [0.15, 0.2) is 11.0 Å². The second-order valence-electron chi connectivity index (χ2n) is 6.39. The van der Waals surface area contributed by atoms with Crippen LogP contribution in [0.25, 0.3) is 33.4 Å². The van der Waals surface area contributed by atoms with Gasteiger partial charge in [-0.3, -0.25) is 4.79 Å². The first-order valence-electron chi connectivity index (χ1n) is 8.45. The number of aliphatic hydroxyl groups is 1. The molecule has 0 bridgehead atoms. The summed E-state index contributed by atoms with van der Waals surface area (Å²) < 4.78 is 7.67. The van der Waals surface area contributed by atoms with Gasteiger partial charge in [0.2, 0.25) is 0 Å². The van der Waals surface area contributed by atoms with E-state index < -0.39 is 11.2 Å². The van der Waals surface area contributed by atoms with Crippen LogP contribution in [0.2, 0.25) is 5.02 Å². The van der Waals surface area contributed by atoms with Crippen molar-refractivity contribution >= 4 is 22.6 Å². The zero-order valence-electron chi connectivity index (χ0n) is 14.8. The Balaban J connectivity index is 2.14. The van der Waals surface area contributed by atoms with Crippen molar-refractivity contribution in [1.29, 1.82) is 0 Å². The molecular formula is C21H16ClNO5. The van der Waals surface area contributed by atoms with Crippen LogP contribution in [-0.2, 0) is 13.7 Å². The third kappa shape index (κ3) is 2.74. The van der Waals surface area contributed by atoms with Crippen molar-refractivity contribution < 1.29 is 19.7 Å². The third-order valence-electron chi connectivity index (χ3n) is 4.72. The van der Waals surface area contributed by atoms with E-state index in [2.05, 4.69) is 0 Å². The number of hydrogen-bond donors (Lipinski definition) is 3. The van der Waals surface area contributed by atoms with E-state index in [9.17, 15) is 20.1 Å². The normalized spacial score (nSPS) is 11.2. The molecule has 0 fully saturated rings. The molecule has 0 amide bonds. The van der Waals surface area contributed by atoms with Crippen LogP contribution in [0.4, 0.5) is 0 Å². The van der Waals surface area contributed by atoms with Gasteiger partial charge in [0, 0.05) is 36.5 Å². The van der Waals surface area contributed by atoms with Gasteiger partial charge in [-0.05, 0) is 18.2 Å². The number of aryl methyl sites for hydroxylation is 1. The smallest absolute Gasteiger partial charge is 0.197 e. The zero-order valence-corrected chi connectivity index (χ0v) is 15.6. The first-order valence-corrected chi connectivity index (χ1v) is 8.83. The van der Waals surface area contributed by atoms with Crippen molar-refractivity contribution in [1.82, 2.24) is 4.57 Å².